The number of rotatable bonds is 8. The Bertz CT molecular complexity index is 692. The summed E-state index contributed by atoms with van der Waals surface area (Å²) in [5.74, 6) is 0.847. The first-order valence-corrected chi connectivity index (χ1v) is 9.25. The van der Waals surface area contributed by atoms with Crippen LogP contribution in [0, 0.1) is 0 Å². The second-order valence-electron chi connectivity index (χ2n) is 6.24. The van der Waals surface area contributed by atoms with Gasteiger partial charge in [-0.1, -0.05) is 24.3 Å². The van der Waals surface area contributed by atoms with Crippen molar-refractivity contribution in [2.45, 2.75) is 19.3 Å². The molecule has 1 saturated heterocycles. The second-order valence-corrected chi connectivity index (χ2v) is 6.60. The minimum atomic E-state index is 0.726. The summed E-state index contributed by atoms with van der Waals surface area (Å²) in [4.78, 5) is 4.53. The molecule has 2 aromatic rings. The normalized spacial score (nSPS) is 14.2. The van der Waals surface area contributed by atoms with E-state index in [1.54, 1.807) is 0 Å². The average molecular weight is 356 g/mol. The van der Waals surface area contributed by atoms with Gasteiger partial charge in [0, 0.05) is 37.1 Å². The number of ether oxygens (including phenoxy) is 1. The van der Waals surface area contributed by atoms with Crippen molar-refractivity contribution >= 4 is 28.7 Å². The number of nitrogens with zero attached hydrogens (tertiary/aromatic N) is 2. The molecule has 0 aliphatic carbocycles. The number of hydrogen-bond acceptors (Lipinski definition) is 3. The van der Waals surface area contributed by atoms with Crippen molar-refractivity contribution in [1.29, 1.82) is 0 Å². The Kier molecular flexibility index (Phi) is 6.12. The van der Waals surface area contributed by atoms with Gasteiger partial charge < -0.3 is 20.3 Å². The first kappa shape index (κ1) is 17.5. The van der Waals surface area contributed by atoms with Gasteiger partial charge >= 0.3 is 0 Å². The van der Waals surface area contributed by atoms with Crippen LogP contribution in [0.5, 0.6) is 5.75 Å². The van der Waals surface area contributed by atoms with Crippen LogP contribution >= 0.6 is 12.2 Å². The molecule has 1 fully saturated rings. The summed E-state index contributed by atoms with van der Waals surface area (Å²) in [5.41, 5.74) is 7.67. The second kappa shape index (κ2) is 8.72. The number of unbranched alkanes of at least 4 members (excludes halogenated alkanes) is 2. The molecule has 4 nitrogen and oxygen atoms in total. The zero-order chi connectivity index (χ0) is 17.5. The minimum Gasteiger partial charge on any atom is -0.494 e. The third kappa shape index (κ3) is 4.86. The standard InChI is InChI=1S/C20H25N3OS/c21-17-8-7-11-19(16-17)24-15-6-2-5-12-22-13-14-23(20(22)25)18-9-3-1-4-10-18/h1,3-4,7-11,16H,2,5-6,12-15,21H2. The molecule has 0 aromatic heterocycles. The maximum Gasteiger partial charge on any atom is 0.176 e. The van der Waals surface area contributed by atoms with Crippen LogP contribution in [0.3, 0.4) is 0 Å². The summed E-state index contributed by atoms with van der Waals surface area (Å²) in [7, 11) is 0. The van der Waals surface area contributed by atoms with Crippen LogP contribution in [0.25, 0.3) is 0 Å². The fourth-order valence-electron chi connectivity index (χ4n) is 3.01. The van der Waals surface area contributed by atoms with Gasteiger partial charge in [-0.3, -0.25) is 0 Å². The van der Waals surface area contributed by atoms with Crippen LogP contribution in [-0.2, 0) is 0 Å². The summed E-state index contributed by atoms with van der Waals surface area (Å²) in [6.45, 7) is 3.72. The van der Waals surface area contributed by atoms with E-state index in [0.29, 0.717) is 0 Å². The highest BCUT2D eigenvalue weighted by Crippen LogP contribution is 2.20. The van der Waals surface area contributed by atoms with Crippen LogP contribution in [0.1, 0.15) is 19.3 Å². The number of para-hydroxylation sites is 1. The van der Waals surface area contributed by atoms with Gasteiger partial charge in [0.2, 0.25) is 0 Å². The van der Waals surface area contributed by atoms with Crippen molar-refractivity contribution in [2.24, 2.45) is 0 Å². The lowest BCUT2D eigenvalue weighted by Crippen LogP contribution is -2.32. The third-order valence-corrected chi connectivity index (χ3v) is 4.84. The van der Waals surface area contributed by atoms with Crippen molar-refractivity contribution < 1.29 is 4.74 Å². The lowest BCUT2D eigenvalue weighted by molar-refractivity contribution is 0.302. The van der Waals surface area contributed by atoms with E-state index in [2.05, 4.69) is 34.1 Å². The van der Waals surface area contributed by atoms with E-state index >= 15 is 0 Å². The molecule has 25 heavy (non-hydrogen) atoms. The quantitative estimate of drug-likeness (QED) is 0.441. The summed E-state index contributed by atoms with van der Waals surface area (Å²) in [5, 5.41) is 0.946. The molecule has 132 valence electrons. The van der Waals surface area contributed by atoms with Gasteiger partial charge in [0.1, 0.15) is 5.75 Å². The number of nitrogen functional groups attached to an aromatic ring is 1. The van der Waals surface area contributed by atoms with E-state index in [4.69, 9.17) is 22.7 Å². The van der Waals surface area contributed by atoms with E-state index < -0.39 is 0 Å². The topological polar surface area (TPSA) is 41.7 Å². The van der Waals surface area contributed by atoms with Gasteiger partial charge in [0.15, 0.2) is 5.11 Å². The maximum atomic E-state index is 5.74. The Labute approximate surface area is 155 Å². The zero-order valence-electron chi connectivity index (χ0n) is 14.4. The zero-order valence-corrected chi connectivity index (χ0v) is 15.3. The molecule has 5 heteroatoms. The van der Waals surface area contributed by atoms with Crippen molar-refractivity contribution in [3.63, 3.8) is 0 Å². The molecule has 3 rings (SSSR count). The van der Waals surface area contributed by atoms with Crippen molar-refractivity contribution in [2.75, 3.05) is 36.9 Å². The first-order valence-electron chi connectivity index (χ1n) is 8.84. The number of benzene rings is 2. The molecule has 0 atom stereocenters. The van der Waals surface area contributed by atoms with Gasteiger partial charge in [0.25, 0.3) is 0 Å². The monoisotopic (exact) mass is 355 g/mol. The Morgan fingerprint density at radius 1 is 0.960 bits per heavy atom. The van der Waals surface area contributed by atoms with Crippen LogP contribution < -0.4 is 15.4 Å². The van der Waals surface area contributed by atoms with Gasteiger partial charge in [-0.05, 0) is 55.7 Å². The first-order chi connectivity index (χ1) is 12.2. The highest BCUT2D eigenvalue weighted by Gasteiger charge is 2.24. The highest BCUT2D eigenvalue weighted by atomic mass is 32.1. The van der Waals surface area contributed by atoms with E-state index in [1.165, 1.54) is 5.69 Å². The smallest absolute Gasteiger partial charge is 0.176 e. The molecule has 0 radical (unpaired) electrons. The van der Waals surface area contributed by atoms with Crippen LogP contribution in [0.2, 0.25) is 0 Å². The van der Waals surface area contributed by atoms with Gasteiger partial charge in [-0.2, -0.15) is 0 Å². The van der Waals surface area contributed by atoms with E-state index in [9.17, 15) is 0 Å². The molecule has 0 bridgehead atoms. The fourth-order valence-corrected chi connectivity index (χ4v) is 3.39. The Balaban J connectivity index is 1.34. The Morgan fingerprint density at radius 3 is 2.60 bits per heavy atom. The molecule has 0 unspecified atom stereocenters. The predicted molar refractivity (Wildman–Crippen MR) is 108 cm³/mol. The lowest BCUT2D eigenvalue weighted by Gasteiger charge is -2.22. The van der Waals surface area contributed by atoms with Crippen LogP contribution in [0.4, 0.5) is 11.4 Å². The summed E-state index contributed by atoms with van der Waals surface area (Å²) < 4.78 is 5.73. The SMILES string of the molecule is Nc1cccc(OCCCCCN2CCN(c3ccccc3)C2=S)c1. The largest absolute Gasteiger partial charge is 0.494 e. The molecule has 0 amide bonds. The van der Waals surface area contributed by atoms with Gasteiger partial charge in [0.05, 0.1) is 6.61 Å². The molecule has 0 spiro atoms. The molecule has 2 aromatic carbocycles. The lowest BCUT2D eigenvalue weighted by atomic mass is 10.2. The molecule has 1 aliphatic heterocycles. The summed E-state index contributed by atoms with van der Waals surface area (Å²) >= 11 is 5.64. The van der Waals surface area contributed by atoms with Gasteiger partial charge in [-0.25, -0.2) is 0 Å². The third-order valence-electron chi connectivity index (χ3n) is 4.36. The van der Waals surface area contributed by atoms with Crippen LogP contribution in [0.15, 0.2) is 54.6 Å². The van der Waals surface area contributed by atoms with E-state index in [0.717, 1.165) is 62.1 Å². The predicted octanol–water partition coefficient (Wildman–Crippen LogP) is 3.93. The number of thiocarbonyl (C=S) groups is 1. The molecule has 2 N–H and O–H groups in total. The molecule has 1 heterocycles. The van der Waals surface area contributed by atoms with Crippen molar-refractivity contribution in [3.8, 4) is 5.75 Å². The number of hydrogen-bond donors (Lipinski definition) is 1. The summed E-state index contributed by atoms with van der Waals surface area (Å²) in [6, 6.07) is 18.0. The molecule has 1 aliphatic rings. The molecular weight excluding hydrogens is 330 g/mol. The van der Waals surface area contributed by atoms with E-state index in [1.807, 2.05) is 30.3 Å². The maximum absolute atomic E-state index is 5.74. The van der Waals surface area contributed by atoms with Crippen molar-refractivity contribution in [3.05, 3.63) is 54.6 Å². The number of nitrogens with two attached hydrogens (primary N) is 1. The minimum absolute atomic E-state index is 0.726. The highest BCUT2D eigenvalue weighted by molar-refractivity contribution is 7.80. The van der Waals surface area contributed by atoms with E-state index in [-0.39, 0.29) is 0 Å². The average Bonchev–Trinajstić information content (AvgIpc) is 2.99. The van der Waals surface area contributed by atoms with Crippen molar-refractivity contribution in [1.82, 2.24) is 4.90 Å². The Morgan fingerprint density at radius 2 is 1.80 bits per heavy atom. The molecular formula is C20H25N3OS. The molecule has 0 saturated carbocycles. The fraction of sp³-hybridized carbons (Fsp3) is 0.350. The summed E-state index contributed by atoms with van der Waals surface area (Å²) in [6.07, 6.45) is 3.30. The Hall–Kier alpha value is -2.27. The van der Waals surface area contributed by atoms with Crippen LogP contribution in [-0.4, -0.2) is 36.3 Å². The van der Waals surface area contributed by atoms with Gasteiger partial charge in [-0.15, -0.1) is 0 Å². The number of anilines is 2.